The fraction of sp³-hybridized carbons (Fsp3) is 0.600. The molecule has 1 aliphatic rings. The van der Waals surface area contributed by atoms with Gasteiger partial charge in [0, 0.05) is 12.6 Å². The van der Waals surface area contributed by atoms with Crippen LogP contribution in [0.4, 0.5) is 0 Å². The summed E-state index contributed by atoms with van der Waals surface area (Å²) in [6.07, 6.45) is 5.23. The summed E-state index contributed by atoms with van der Waals surface area (Å²) in [5.41, 5.74) is 2.95. The topological polar surface area (TPSA) is 12.0 Å². The lowest BCUT2D eigenvalue weighted by atomic mass is 10.1. The molecule has 0 aromatic heterocycles. The smallest absolute Gasteiger partial charge is 0.0208 e. The van der Waals surface area contributed by atoms with E-state index >= 15 is 0 Å². The Hall–Kier alpha value is -0.820. The third-order valence-corrected chi connectivity index (χ3v) is 3.61. The van der Waals surface area contributed by atoms with Gasteiger partial charge in [-0.3, -0.25) is 0 Å². The zero-order valence-corrected chi connectivity index (χ0v) is 10.5. The fourth-order valence-corrected chi connectivity index (χ4v) is 2.16. The van der Waals surface area contributed by atoms with Gasteiger partial charge in [-0.2, -0.15) is 0 Å². The van der Waals surface area contributed by atoms with Crippen molar-refractivity contribution < 1.29 is 0 Å². The standard InChI is InChI=1S/C15H23N/c1-3-15(4-2)16-11-12-5-7-13(8-6-12)14-9-10-14/h5-8,14-16H,3-4,9-11H2,1-2H3. The maximum Gasteiger partial charge on any atom is 0.0208 e. The van der Waals surface area contributed by atoms with E-state index in [9.17, 15) is 0 Å². The summed E-state index contributed by atoms with van der Waals surface area (Å²) in [5.74, 6) is 0.876. The summed E-state index contributed by atoms with van der Waals surface area (Å²) >= 11 is 0. The first-order chi connectivity index (χ1) is 7.83. The second kappa shape index (κ2) is 5.49. The van der Waals surface area contributed by atoms with Crippen molar-refractivity contribution in [3.63, 3.8) is 0 Å². The molecule has 1 nitrogen and oxygen atoms in total. The van der Waals surface area contributed by atoms with Crippen molar-refractivity contribution in [3.8, 4) is 0 Å². The normalized spacial score (nSPS) is 15.7. The van der Waals surface area contributed by atoms with Crippen LogP contribution in [-0.2, 0) is 6.54 Å². The molecular weight excluding hydrogens is 194 g/mol. The van der Waals surface area contributed by atoms with Crippen molar-refractivity contribution in [1.82, 2.24) is 5.32 Å². The van der Waals surface area contributed by atoms with Crippen LogP contribution in [0.1, 0.15) is 56.6 Å². The highest BCUT2D eigenvalue weighted by Gasteiger charge is 2.22. The van der Waals surface area contributed by atoms with E-state index < -0.39 is 0 Å². The summed E-state index contributed by atoms with van der Waals surface area (Å²) in [4.78, 5) is 0. The zero-order chi connectivity index (χ0) is 11.4. The molecule has 0 radical (unpaired) electrons. The molecule has 1 fully saturated rings. The zero-order valence-electron chi connectivity index (χ0n) is 10.5. The van der Waals surface area contributed by atoms with Gasteiger partial charge in [0.1, 0.15) is 0 Å². The Morgan fingerprint density at radius 1 is 1.12 bits per heavy atom. The third-order valence-electron chi connectivity index (χ3n) is 3.61. The summed E-state index contributed by atoms with van der Waals surface area (Å²) in [5, 5.41) is 3.60. The van der Waals surface area contributed by atoms with Gasteiger partial charge in [0.15, 0.2) is 0 Å². The summed E-state index contributed by atoms with van der Waals surface area (Å²) in [6.45, 7) is 5.51. The Balaban J connectivity index is 1.84. The van der Waals surface area contributed by atoms with E-state index in [0.29, 0.717) is 6.04 Å². The van der Waals surface area contributed by atoms with E-state index in [0.717, 1.165) is 12.5 Å². The molecule has 1 N–H and O–H groups in total. The highest BCUT2D eigenvalue weighted by molar-refractivity contribution is 5.27. The molecule has 0 saturated heterocycles. The molecule has 1 aliphatic carbocycles. The highest BCUT2D eigenvalue weighted by atomic mass is 14.9. The first-order valence-corrected chi connectivity index (χ1v) is 6.65. The molecule has 0 aliphatic heterocycles. The Morgan fingerprint density at radius 2 is 1.75 bits per heavy atom. The van der Waals surface area contributed by atoms with Gasteiger partial charge in [0.2, 0.25) is 0 Å². The van der Waals surface area contributed by atoms with Crippen LogP contribution in [0.5, 0.6) is 0 Å². The van der Waals surface area contributed by atoms with Gasteiger partial charge < -0.3 is 5.32 Å². The average Bonchev–Trinajstić information content (AvgIpc) is 3.15. The van der Waals surface area contributed by atoms with Crippen molar-refractivity contribution in [3.05, 3.63) is 35.4 Å². The molecule has 0 unspecified atom stereocenters. The van der Waals surface area contributed by atoms with Gasteiger partial charge >= 0.3 is 0 Å². The molecule has 0 amide bonds. The van der Waals surface area contributed by atoms with Crippen molar-refractivity contribution in [1.29, 1.82) is 0 Å². The first kappa shape index (κ1) is 11.7. The van der Waals surface area contributed by atoms with Gasteiger partial charge in [-0.05, 0) is 42.7 Å². The maximum atomic E-state index is 3.60. The van der Waals surface area contributed by atoms with Crippen molar-refractivity contribution in [2.75, 3.05) is 0 Å². The monoisotopic (exact) mass is 217 g/mol. The molecule has 1 heteroatoms. The lowest BCUT2D eigenvalue weighted by Crippen LogP contribution is -2.26. The van der Waals surface area contributed by atoms with Crippen LogP contribution in [0.3, 0.4) is 0 Å². The lowest BCUT2D eigenvalue weighted by Gasteiger charge is -2.14. The second-order valence-corrected chi connectivity index (χ2v) is 4.91. The van der Waals surface area contributed by atoms with Crippen LogP contribution in [0.25, 0.3) is 0 Å². The average molecular weight is 217 g/mol. The lowest BCUT2D eigenvalue weighted by molar-refractivity contribution is 0.484. The van der Waals surface area contributed by atoms with Crippen LogP contribution in [0, 0.1) is 0 Å². The van der Waals surface area contributed by atoms with Crippen molar-refractivity contribution in [2.45, 2.75) is 58.0 Å². The van der Waals surface area contributed by atoms with E-state index in [-0.39, 0.29) is 0 Å². The van der Waals surface area contributed by atoms with E-state index in [1.807, 2.05) is 0 Å². The maximum absolute atomic E-state index is 3.60. The van der Waals surface area contributed by atoms with Gasteiger partial charge in [-0.25, -0.2) is 0 Å². The Labute approximate surface area is 99.3 Å². The van der Waals surface area contributed by atoms with Crippen LogP contribution >= 0.6 is 0 Å². The number of rotatable bonds is 6. The quantitative estimate of drug-likeness (QED) is 0.763. The fourth-order valence-electron chi connectivity index (χ4n) is 2.16. The molecule has 2 rings (SSSR count). The van der Waals surface area contributed by atoms with Gasteiger partial charge in [-0.1, -0.05) is 38.1 Å². The van der Waals surface area contributed by atoms with Gasteiger partial charge in [0.05, 0.1) is 0 Å². The molecule has 1 saturated carbocycles. The molecule has 16 heavy (non-hydrogen) atoms. The predicted molar refractivity (Wildman–Crippen MR) is 69.6 cm³/mol. The Morgan fingerprint density at radius 3 is 2.25 bits per heavy atom. The number of hydrogen-bond acceptors (Lipinski definition) is 1. The first-order valence-electron chi connectivity index (χ1n) is 6.65. The van der Waals surface area contributed by atoms with Crippen LogP contribution < -0.4 is 5.32 Å². The molecule has 0 heterocycles. The van der Waals surface area contributed by atoms with Crippen LogP contribution in [-0.4, -0.2) is 6.04 Å². The highest BCUT2D eigenvalue weighted by Crippen LogP contribution is 2.39. The summed E-state index contributed by atoms with van der Waals surface area (Å²) in [6, 6.07) is 9.85. The summed E-state index contributed by atoms with van der Waals surface area (Å²) < 4.78 is 0. The molecule has 0 spiro atoms. The van der Waals surface area contributed by atoms with E-state index in [2.05, 4.69) is 43.4 Å². The van der Waals surface area contributed by atoms with Gasteiger partial charge in [0.25, 0.3) is 0 Å². The van der Waals surface area contributed by atoms with Crippen molar-refractivity contribution in [2.24, 2.45) is 0 Å². The minimum atomic E-state index is 0.670. The van der Waals surface area contributed by atoms with E-state index in [1.165, 1.54) is 36.8 Å². The largest absolute Gasteiger partial charge is 0.310 e. The van der Waals surface area contributed by atoms with E-state index in [1.54, 1.807) is 0 Å². The molecule has 1 aromatic carbocycles. The molecule has 88 valence electrons. The van der Waals surface area contributed by atoms with Crippen LogP contribution in [0.15, 0.2) is 24.3 Å². The SMILES string of the molecule is CCC(CC)NCc1ccc(C2CC2)cc1. The number of nitrogens with one attached hydrogen (secondary N) is 1. The van der Waals surface area contributed by atoms with Crippen molar-refractivity contribution >= 4 is 0 Å². The third kappa shape index (κ3) is 3.08. The Bertz CT molecular complexity index is 307. The van der Waals surface area contributed by atoms with Gasteiger partial charge in [-0.15, -0.1) is 0 Å². The summed E-state index contributed by atoms with van der Waals surface area (Å²) in [7, 11) is 0. The Kier molecular flexibility index (Phi) is 4.00. The van der Waals surface area contributed by atoms with Crippen LogP contribution in [0.2, 0.25) is 0 Å². The molecule has 0 atom stereocenters. The minimum absolute atomic E-state index is 0.670. The molecule has 0 bridgehead atoms. The molecular formula is C15H23N. The minimum Gasteiger partial charge on any atom is -0.310 e. The predicted octanol–water partition coefficient (Wildman–Crippen LogP) is 3.84. The number of benzene rings is 1. The number of hydrogen-bond donors (Lipinski definition) is 1. The van der Waals surface area contributed by atoms with E-state index in [4.69, 9.17) is 0 Å². The second-order valence-electron chi connectivity index (χ2n) is 4.91. The molecule has 1 aromatic rings.